The van der Waals surface area contributed by atoms with Crippen LogP contribution in [0.5, 0.6) is 0 Å². The van der Waals surface area contributed by atoms with Crippen LogP contribution in [0, 0.1) is 17.7 Å². The molecule has 1 aromatic rings. The summed E-state index contributed by atoms with van der Waals surface area (Å²) in [6.07, 6.45) is -2.71. The number of rotatable bonds is 4. The van der Waals surface area contributed by atoms with Crippen molar-refractivity contribution in [3.05, 3.63) is 35.6 Å². The second kappa shape index (κ2) is 10.6. The SMILES string of the molecule is O=C(C[C@H]1OC[C@H]2CN(Cc3cccc(F)c3)CC[C@H]21)N1CCCO1.O=C(O)C(F)(F)F. The highest BCUT2D eigenvalue weighted by Crippen LogP contribution is 2.36. The molecule has 4 rings (SSSR count). The zero-order valence-electron chi connectivity index (χ0n) is 17.4. The number of hydrogen-bond donors (Lipinski definition) is 1. The number of piperidine rings is 1. The maximum atomic E-state index is 13.4. The molecule has 3 atom stereocenters. The number of carbonyl (C=O) groups excluding carboxylic acids is 1. The molecule has 1 aromatic carbocycles. The van der Waals surface area contributed by atoms with Gasteiger partial charge in [-0.05, 0) is 43.0 Å². The van der Waals surface area contributed by atoms with Crippen LogP contribution >= 0.6 is 0 Å². The number of halogens is 4. The Balaban J connectivity index is 0.000000360. The number of aliphatic carboxylic acids is 1. The molecule has 0 bridgehead atoms. The lowest BCUT2D eigenvalue weighted by atomic mass is 9.83. The van der Waals surface area contributed by atoms with Crippen LogP contribution < -0.4 is 0 Å². The molecule has 11 heteroatoms. The summed E-state index contributed by atoms with van der Waals surface area (Å²) in [6.45, 7) is 4.73. The number of ether oxygens (including phenoxy) is 1. The van der Waals surface area contributed by atoms with E-state index in [0.29, 0.717) is 38.0 Å². The van der Waals surface area contributed by atoms with Crippen LogP contribution in [-0.2, 0) is 25.7 Å². The summed E-state index contributed by atoms with van der Waals surface area (Å²) in [5, 5.41) is 8.62. The number of amides is 1. The van der Waals surface area contributed by atoms with Gasteiger partial charge in [0.1, 0.15) is 5.82 Å². The average molecular weight is 462 g/mol. The largest absolute Gasteiger partial charge is 0.490 e. The van der Waals surface area contributed by atoms with Crippen LogP contribution in [-0.4, -0.2) is 72.1 Å². The van der Waals surface area contributed by atoms with E-state index in [9.17, 15) is 22.4 Å². The lowest BCUT2D eigenvalue weighted by molar-refractivity contribution is -0.192. The van der Waals surface area contributed by atoms with E-state index in [1.54, 1.807) is 12.1 Å². The number of fused-ring (bicyclic) bond motifs is 1. The highest BCUT2D eigenvalue weighted by molar-refractivity contribution is 5.75. The standard InChI is InChI=1S/C19H25FN2O3.C2HF3O2/c20-16-4-1-3-14(9-16)11-21-7-5-17-15(12-21)13-24-18(17)10-19(23)22-6-2-8-25-22;3-2(4,5)1(6)7/h1,3-4,9,15,17-18H,2,5-8,10-13H2;(H,6,7)/t15-,17-,18-;/m1./s1. The lowest BCUT2D eigenvalue weighted by Gasteiger charge is -2.35. The normalized spacial score (nSPS) is 25.8. The number of alkyl halides is 3. The summed E-state index contributed by atoms with van der Waals surface area (Å²) in [5.41, 5.74) is 1.01. The topological polar surface area (TPSA) is 79.3 Å². The third-order valence-electron chi connectivity index (χ3n) is 5.82. The van der Waals surface area contributed by atoms with Crippen LogP contribution in [0.4, 0.5) is 17.6 Å². The van der Waals surface area contributed by atoms with Gasteiger partial charge in [0, 0.05) is 19.0 Å². The Morgan fingerprint density at radius 3 is 2.59 bits per heavy atom. The first-order valence-corrected chi connectivity index (χ1v) is 10.5. The van der Waals surface area contributed by atoms with E-state index in [0.717, 1.165) is 38.0 Å². The molecule has 3 saturated heterocycles. The number of likely N-dealkylation sites (tertiary alicyclic amines) is 1. The van der Waals surface area contributed by atoms with E-state index in [1.165, 1.54) is 11.1 Å². The first-order valence-electron chi connectivity index (χ1n) is 10.5. The Hall–Kier alpha value is -2.24. The number of carboxylic acid groups (broad SMARTS) is 1. The van der Waals surface area contributed by atoms with E-state index in [2.05, 4.69) is 4.90 Å². The molecule has 1 N–H and O–H groups in total. The van der Waals surface area contributed by atoms with E-state index < -0.39 is 12.1 Å². The fourth-order valence-electron chi connectivity index (χ4n) is 4.33. The predicted molar refractivity (Wildman–Crippen MR) is 104 cm³/mol. The molecule has 178 valence electrons. The van der Waals surface area contributed by atoms with Gasteiger partial charge in [-0.2, -0.15) is 13.2 Å². The Labute approximate surface area is 182 Å². The van der Waals surface area contributed by atoms with Crippen molar-refractivity contribution in [3.63, 3.8) is 0 Å². The van der Waals surface area contributed by atoms with Crippen molar-refractivity contribution in [2.45, 2.75) is 38.1 Å². The number of carboxylic acids is 1. The zero-order valence-corrected chi connectivity index (χ0v) is 17.4. The van der Waals surface area contributed by atoms with Gasteiger partial charge >= 0.3 is 12.1 Å². The van der Waals surface area contributed by atoms with E-state index >= 15 is 0 Å². The molecule has 0 saturated carbocycles. The van der Waals surface area contributed by atoms with E-state index in [-0.39, 0.29) is 17.8 Å². The molecule has 32 heavy (non-hydrogen) atoms. The van der Waals surface area contributed by atoms with Gasteiger partial charge in [-0.3, -0.25) is 14.5 Å². The highest BCUT2D eigenvalue weighted by Gasteiger charge is 2.42. The molecule has 0 radical (unpaired) electrons. The molecule has 0 unspecified atom stereocenters. The summed E-state index contributed by atoms with van der Waals surface area (Å²) in [4.78, 5) is 28.9. The Morgan fingerprint density at radius 1 is 1.22 bits per heavy atom. The van der Waals surface area contributed by atoms with Crippen molar-refractivity contribution < 1.29 is 41.8 Å². The lowest BCUT2D eigenvalue weighted by Crippen LogP contribution is -2.42. The van der Waals surface area contributed by atoms with Crippen molar-refractivity contribution in [3.8, 4) is 0 Å². The first-order chi connectivity index (χ1) is 15.1. The molecule has 0 spiro atoms. The molecule has 3 aliphatic rings. The van der Waals surface area contributed by atoms with Gasteiger partial charge in [0.05, 0.1) is 32.3 Å². The number of hydrogen-bond acceptors (Lipinski definition) is 5. The fraction of sp³-hybridized carbons (Fsp3) is 0.619. The third kappa shape index (κ3) is 6.63. The molecule has 3 fully saturated rings. The van der Waals surface area contributed by atoms with E-state index in [4.69, 9.17) is 19.5 Å². The summed E-state index contributed by atoms with van der Waals surface area (Å²) in [6, 6.07) is 6.82. The van der Waals surface area contributed by atoms with Crippen molar-refractivity contribution in [2.75, 3.05) is 32.8 Å². The van der Waals surface area contributed by atoms with Crippen molar-refractivity contribution in [1.82, 2.24) is 9.96 Å². The number of carbonyl (C=O) groups is 2. The van der Waals surface area contributed by atoms with Crippen LogP contribution in [0.15, 0.2) is 24.3 Å². The second-order valence-electron chi connectivity index (χ2n) is 8.14. The summed E-state index contributed by atoms with van der Waals surface area (Å²) >= 11 is 0. The van der Waals surface area contributed by atoms with Gasteiger partial charge in [0.25, 0.3) is 0 Å². The van der Waals surface area contributed by atoms with Gasteiger partial charge in [0.15, 0.2) is 0 Å². The fourth-order valence-corrected chi connectivity index (χ4v) is 4.33. The van der Waals surface area contributed by atoms with Gasteiger partial charge in [0.2, 0.25) is 5.91 Å². The third-order valence-corrected chi connectivity index (χ3v) is 5.82. The molecule has 3 aliphatic heterocycles. The Kier molecular flexibility index (Phi) is 8.07. The minimum Gasteiger partial charge on any atom is -0.475 e. The number of benzene rings is 1. The summed E-state index contributed by atoms with van der Waals surface area (Å²) < 4.78 is 51.0. The van der Waals surface area contributed by atoms with Gasteiger partial charge in [-0.15, -0.1) is 0 Å². The van der Waals surface area contributed by atoms with E-state index in [1.807, 2.05) is 6.07 Å². The summed E-state index contributed by atoms with van der Waals surface area (Å²) in [5.74, 6) is -1.99. The molecule has 0 aliphatic carbocycles. The van der Waals surface area contributed by atoms with Gasteiger partial charge < -0.3 is 9.84 Å². The minimum absolute atomic E-state index is 0.0121. The van der Waals surface area contributed by atoms with Crippen LogP contribution in [0.25, 0.3) is 0 Å². The van der Waals surface area contributed by atoms with Crippen LogP contribution in [0.2, 0.25) is 0 Å². The van der Waals surface area contributed by atoms with Crippen molar-refractivity contribution >= 4 is 11.9 Å². The van der Waals surface area contributed by atoms with Crippen LogP contribution in [0.1, 0.15) is 24.8 Å². The monoisotopic (exact) mass is 462 g/mol. The second-order valence-corrected chi connectivity index (χ2v) is 8.14. The first kappa shape index (κ1) is 24.4. The highest BCUT2D eigenvalue weighted by atomic mass is 19.4. The Bertz CT molecular complexity index is 801. The molecule has 7 nitrogen and oxygen atoms in total. The smallest absolute Gasteiger partial charge is 0.475 e. The molecule has 0 aromatic heterocycles. The maximum Gasteiger partial charge on any atom is 0.490 e. The Morgan fingerprint density at radius 2 is 1.97 bits per heavy atom. The number of hydroxylamine groups is 2. The molecule has 1 amide bonds. The van der Waals surface area contributed by atoms with Crippen molar-refractivity contribution in [1.29, 1.82) is 0 Å². The van der Waals surface area contributed by atoms with Gasteiger partial charge in [-0.25, -0.2) is 14.2 Å². The summed E-state index contributed by atoms with van der Waals surface area (Å²) in [7, 11) is 0. The molecule has 3 heterocycles. The van der Waals surface area contributed by atoms with Crippen molar-refractivity contribution in [2.24, 2.45) is 11.8 Å². The predicted octanol–water partition coefficient (Wildman–Crippen LogP) is 2.85. The maximum absolute atomic E-state index is 13.4. The zero-order chi connectivity index (χ0) is 23.3. The van der Waals surface area contributed by atoms with Crippen LogP contribution in [0.3, 0.4) is 0 Å². The average Bonchev–Trinajstić information content (AvgIpc) is 3.38. The molecular formula is C21H26F4N2O5. The molecular weight excluding hydrogens is 436 g/mol. The number of nitrogens with zero attached hydrogens (tertiary/aromatic N) is 2. The quantitative estimate of drug-likeness (QED) is 0.694. The van der Waals surface area contributed by atoms with Gasteiger partial charge in [-0.1, -0.05) is 12.1 Å². The minimum atomic E-state index is -5.08.